The SMILES string of the molecule is CCOC(=O)c1c(-c2cn[nH]c2)nn(-c2cc(OC(F)F)n(C)n2)c1N. The van der Waals surface area contributed by atoms with Crippen LogP contribution in [-0.4, -0.2) is 48.9 Å². The van der Waals surface area contributed by atoms with Gasteiger partial charge in [0.05, 0.1) is 12.8 Å². The summed E-state index contributed by atoms with van der Waals surface area (Å²) in [6, 6.07) is 1.23. The average molecular weight is 367 g/mol. The van der Waals surface area contributed by atoms with Crippen molar-refractivity contribution >= 4 is 11.8 Å². The molecule has 3 heterocycles. The van der Waals surface area contributed by atoms with Crippen LogP contribution < -0.4 is 10.5 Å². The number of nitrogens with zero attached hydrogens (tertiary/aromatic N) is 5. The minimum Gasteiger partial charge on any atom is -0.462 e. The highest BCUT2D eigenvalue weighted by Gasteiger charge is 2.27. The summed E-state index contributed by atoms with van der Waals surface area (Å²) in [4.78, 5) is 12.3. The molecule has 138 valence electrons. The second-order valence-corrected chi connectivity index (χ2v) is 5.07. The number of rotatable bonds is 6. The second-order valence-electron chi connectivity index (χ2n) is 5.07. The Balaban J connectivity index is 2.11. The number of aryl methyl sites for hydroxylation is 1. The molecule has 10 nitrogen and oxygen atoms in total. The lowest BCUT2D eigenvalue weighted by Crippen LogP contribution is -2.09. The molecule has 0 aliphatic rings. The third-order valence-electron chi connectivity index (χ3n) is 3.42. The van der Waals surface area contributed by atoms with E-state index in [0.29, 0.717) is 5.56 Å². The lowest BCUT2D eigenvalue weighted by Gasteiger charge is -2.02. The third kappa shape index (κ3) is 3.08. The van der Waals surface area contributed by atoms with E-state index >= 15 is 0 Å². The molecule has 3 N–H and O–H groups in total. The van der Waals surface area contributed by atoms with Gasteiger partial charge in [-0.25, -0.2) is 9.48 Å². The summed E-state index contributed by atoms with van der Waals surface area (Å²) in [6.45, 7) is -1.21. The zero-order valence-electron chi connectivity index (χ0n) is 13.8. The molecule has 12 heteroatoms. The van der Waals surface area contributed by atoms with E-state index in [1.54, 1.807) is 6.92 Å². The van der Waals surface area contributed by atoms with Crippen LogP contribution in [0.25, 0.3) is 17.1 Å². The van der Waals surface area contributed by atoms with Gasteiger partial charge in [0, 0.05) is 24.9 Å². The van der Waals surface area contributed by atoms with Gasteiger partial charge >= 0.3 is 12.6 Å². The molecule has 0 atom stereocenters. The van der Waals surface area contributed by atoms with Crippen LogP contribution in [0, 0.1) is 0 Å². The van der Waals surface area contributed by atoms with Crippen molar-refractivity contribution in [3.05, 3.63) is 24.0 Å². The van der Waals surface area contributed by atoms with Crippen molar-refractivity contribution in [1.82, 2.24) is 29.8 Å². The maximum Gasteiger partial charge on any atom is 0.388 e. The number of hydrogen-bond acceptors (Lipinski definition) is 7. The minimum atomic E-state index is -3.01. The molecule has 0 bridgehead atoms. The van der Waals surface area contributed by atoms with Gasteiger partial charge in [-0.1, -0.05) is 0 Å². The zero-order chi connectivity index (χ0) is 18.8. The number of carbonyl (C=O) groups excluding carboxylic acids is 1. The first-order valence-corrected chi connectivity index (χ1v) is 7.46. The number of aromatic nitrogens is 6. The zero-order valence-corrected chi connectivity index (χ0v) is 13.8. The fraction of sp³-hybridized carbons (Fsp3) is 0.286. The Morgan fingerprint density at radius 2 is 2.19 bits per heavy atom. The summed E-state index contributed by atoms with van der Waals surface area (Å²) in [6.07, 6.45) is 2.98. The fourth-order valence-electron chi connectivity index (χ4n) is 2.33. The highest BCUT2D eigenvalue weighted by Crippen LogP contribution is 2.30. The summed E-state index contributed by atoms with van der Waals surface area (Å²) >= 11 is 0. The molecule has 0 radical (unpaired) electrons. The van der Waals surface area contributed by atoms with Gasteiger partial charge in [-0.05, 0) is 6.92 Å². The molecule has 0 aliphatic carbocycles. The monoisotopic (exact) mass is 367 g/mol. The number of nitrogens with two attached hydrogens (primary N) is 1. The van der Waals surface area contributed by atoms with Gasteiger partial charge < -0.3 is 15.2 Å². The van der Waals surface area contributed by atoms with E-state index in [9.17, 15) is 13.6 Å². The van der Waals surface area contributed by atoms with E-state index in [1.807, 2.05) is 0 Å². The molecule has 3 aromatic rings. The number of anilines is 1. The van der Waals surface area contributed by atoms with Gasteiger partial charge in [0.1, 0.15) is 17.1 Å². The Bertz CT molecular complexity index is 918. The highest BCUT2D eigenvalue weighted by molar-refractivity contribution is 6.01. The summed E-state index contributed by atoms with van der Waals surface area (Å²) in [7, 11) is 1.42. The Morgan fingerprint density at radius 1 is 1.42 bits per heavy atom. The number of H-pyrrole nitrogens is 1. The van der Waals surface area contributed by atoms with Crippen molar-refractivity contribution in [2.24, 2.45) is 7.05 Å². The van der Waals surface area contributed by atoms with Gasteiger partial charge in [-0.3, -0.25) is 5.10 Å². The first-order chi connectivity index (χ1) is 12.4. The van der Waals surface area contributed by atoms with Gasteiger partial charge in [-0.2, -0.15) is 23.7 Å². The van der Waals surface area contributed by atoms with E-state index < -0.39 is 12.6 Å². The number of hydrogen-bond donors (Lipinski definition) is 2. The predicted molar refractivity (Wildman–Crippen MR) is 84.9 cm³/mol. The average Bonchev–Trinajstić information content (AvgIpc) is 3.27. The van der Waals surface area contributed by atoms with Gasteiger partial charge in [0.2, 0.25) is 5.88 Å². The summed E-state index contributed by atoms with van der Waals surface area (Å²) in [5.74, 6) is -0.817. The van der Waals surface area contributed by atoms with Crippen molar-refractivity contribution in [2.75, 3.05) is 12.3 Å². The number of esters is 1. The molecule has 0 fully saturated rings. The Hall–Kier alpha value is -3.44. The lowest BCUT2D eigenvalue weighted by molar-refractivity contribution is -0.0553. The molecule has 26 heavy (non-hydrogen) atoms. The maximum absolute atomic E-state index is 12.5. The van der Waals surface area contributed by atoms with Gasteiger partial charge in [0.15, 0.2) is 5.82 Å². The number of ether oxygens (including phenoxy) is 2. The van der Waals surface area contributed by atoms with Crippen LogP contribution in [-0.2, 0) is 11.8 Å². The highest BCUT2D eigenvalue weighted by atomic mass is 19.3. The normalized spacial score (nSPS) is 11.1. The van der Waals surface area contributed by atoms with E-state index in [-0.39, 0.29) is 35.4 Å². The number of alkyl halides is 2. The topological polar surface area (TPSA) is 126 Å². The van der Waals surface area contributed by atoms with Crippen LogP contribution in [0.1, 0.15) is 17.3 Å². The molecule has 0 unspecified atom stereocenters. The van der Waals surface area contributed by atoms with E-state index in [0.717, 1.165) is 9.36 Å². The van der Waals surface area contributed by atoms with Crippen LogP contribution >= 0.6 is 0 Å². The van der Waals surface area contributed by atoms with Crippen LogP contribution in [0.15, 0.2) is 18.5 Å². The van der Waals surface area contributed by atoms with Crippen LogP contribution in [0.3, 0.4) is 0 Å². The second kappa shape index (κ2) is 6.82. The predicted octanol–water partition coefficient (Wildman–Crippen LogP) is 1.36. The number of halogens is 2. The van der Waals surface area contributed by atoms with E-state index in [1.165, 1.54) is 25.5 Å². The first kappa shape index (κ1) is 17.4. The molecule has 0 saturated carbocycles. The van der Waals surface area contributed by atoms with Crippen molar-refractivity contribution in [3.63, 3.8) is 0 Å². The third-order valence-corrected chi connectivity index (χ3v) is 3.42. The molecular formula is C14H15F2N7O3. The maximum atomic E-state index is 12.5. The quantitative estimate of drug-likeness (QED) is 0.630. The molecule has 3 aromatic heterocycles. The molecule has 0 spiro atoms. The van der Waals surface area contributed by atoms with Crippen molar-refractivity contribution in [1.29, 1.82) is 0 Å². The summed E-state index contributed by atoms with van der Waals surface area (Å²) < 4.78 is 36.5. The van der Waals surface area contributed by atoms with Gasteiger partial charge in [-0.15, -0.1) is 5.10 Å². The molecule has 3 rings (SSSR count). The summed E-state index contributed by atoms with van der Waals surface area (Å²) in [5, 5.41) is 14.7. The fourth-order valence-corrected chi connectivity index (χ4v) is 2.33. The molecular weight excluding hydrogens is 352 g/mol. The number of aromatic amines is 1. The van der Waals surface area contributed by atoms with Crippen molar-refractivity contribution in [3.8, 4) is 23.0 Å². The lowest BCUT2D eigenvalue weighted by atomic mass is 10.1. The van der Waals surface area contributed by atoms with Crippen molar-refractivity contribution < 1.29 is 23.0 Å². The summed E-state index contributed by atoms with van der Waals surface area (Å²) in [5.41, 5.74) is 6.81. The Labute approximate surface area is 145 Å². The first-order valence-electron chi connectivity index (χ1n) is 7.46. The standard InChI is InChI=1S/C14H15F2N7O3/c1-3-25-13(24)10-11(7-5-18-19-6-7)21-23(12(10)17)8-4-9(22(2)20-8)26-14(15)16/h4-6,14H,3,17H2,1-2H3,(H,18,19). The smallest absolute Gasteiger partial charge is 0.388 e. The molecule has 0 aromatic carbocycles. The Morgan fingerprint density at radius 3 is 2.81 bits per heavy atom. The largest absolute Gasteiger partial charge is 0.462 e. The molecule has 0 amide bonds. The number of nitrogen functional groups attached to an aromatic ring is 1. The molecule has 0 aliphatic heterocycles. The van der Waals surface area contributed by atoms with Crippen LogP contribution in [0.5, 0.6) is 5.88 Å². The Kier molecular flexibility index (Phi) is 4.56. The minimum absolute atomic E-state index is 0.0234. The van der Waals surface area contributed by atoms with Crippen LogP contribution in [0.2, 0.25) is 0 Å². The van der Waals surface area contributed by atoms with E-state index in [2.05, 4.69) is 25.1 Å². The van der Waals surface area contributed by atoms with E-state index in [4.69, 9.17) is 10.5 Å². The van der Waals surface area contributed by atoms with Crippen molar-refractivity contribution in [2.45, 2.75) is 13.5 Å². The van der Waals surface area contributed by atoms with Crippen LogP contribution in [0.4, 0.5) is 14.6 Å². The number of carbonyl (C=O) groups is 1. The number of nitrogens with one attached hydrogen (secondary N) is 1. The van der Waals surface area contributed by atoms with Gasteiger partial charge in [0.25, 0.3) is 0 Å². The molecule has 0 saturated heterocycles.